The van der Waals surface area contributed by atoms with Gasteiger partial charge in [0.1, 0.15) is 0 Å². The van der Waals surface area contributed by atoms with Crippen molar-refractivity contribution in [3.05, 3.63) is 23.8 Å². The molecule has 3 nitrogen and oxygen atoms in total. The van der Waals surface area contributed by atoms with Crippen molar-refractivity contribution in [2.75, 3.05) is 11.1 Å². The molecular formula is C12H10N2OS. The number of hydrogen-bond donors (Lipinski definition) is 1. The van der Waals surface area contributed by atoms with Crippen molar-refractivity contribution in [3.8, 4) is 6.07 Å². The Hall–Kier alpha value is -1.47. The number of amides is 1. The predicted octanol–water partition coefficient (Wildman–Crippen LogP) is 2.36. The lowest BCUT2D eigenvalue weighted by molar-refractivity contribution is -0.113. The summed E-state index contributed by atoms with van der Waals surface area (Å²) >= 11 is 1.57. The summed E-state index contributed by atoms with van der Waals surface area (Å²) in [6, 6.07) is 8.42. The lowest BCUT2D eigenvalue weighted by Gasteiger charge is -2.16. The average Bonchev–Trinajstić information content (AvgIpc) is 3.07. The van der Waals surface area contributed by atoms with Crippen LogP contribution in [-0.2, 0) is 4.79 Å². The number of carbonyl (C=O) groups excluding carboxylic acids is 1. The lowest BCUT2D eigenvalue weighted by atomic mass is 10.1. The predicted molar refractivity (Wildman–Crippen MR) is 62.3 cm³/mol. The van der Waals surface area contributed by atoms with Gasteiger partial charge in [-0.05, 0) is 24.1 Å². The number of nitriles is 1. The van der Waals surface area contributed by atoms with Gasteiger partial charge in [-0.2, -0.15) is 5.26 Å². The zero-order valence-corrected chi connectivity index (χ0v) is 9.38. The second kappa shape index (κ2) is 3.53. The van der Waals surface area contributed by atoms with Crippen molar-refractivity contribution < 1.29 is 4.79 Å². The molecule has 1 amide bonds. The zero-order valence-electron chi connectivity index (χ0n) is 8.56. The summed E-state index contributed by atoms with van der Waals surface area (Å²) in [6.45, 7) is 0. The van der Waals surface area contributed by atoms with Crippen molar-refractivity contribution >= 4 is 23.4 Å². The molecule has 1 heterocycles. The van der Waals surface area contributed by atoms with Crippen molar-refractivity contribution in [1.29, 1.82) is 5.26 Å². The fourth-order valence-electron chi connectivity index (χ4n) is 2.04. The van der Waals surface area contributed by atoms with Gasteiger partial charge >= 0.3 is 0 Å². The van der Waals surface area contributed by atoms with Gasteiger partial charge in [-0.15, -0.1) is 11.8 Å². The quantitative estimate of drug-likeness (QED) is 0.805. The third-order valence-electron chi connectivity index (χ3n) is 3.02. The van der Waals surface area contributed by atoms with Crippen LogP contribution in [-0.4, -0.2) is 11.7 Å². The second-order valence-electron chi connectivity index (χ2n) is 4.17. The molecule has 1 aliphatic heterocycles. The number of benzene rings is 1. The first-order chi connectivity index (χ1) is 7.78. The van der Waals surface area contributed by atoms with E-state index in [9.17, 15) is 4.79 Å². The molecule has 3 rings (SSSR count). The minimum Gasteiger partial charge on any atom is -0.324 e. The van der Waals surface area contributed by atoms with Crippen LogP contribution in [0.5, 0.6) is 0 Å². The summed E-state index contributed by atoms with van der Waals surface area (Å²) in [5, 5.41) is 11.7. The Labute approximate surface area is 97.8 Å². The summed E-state index contributed by atoms with van der Waals surface area (Å²) in [4.78, 5) is 12.4. The minimum absolute atomic E-state index is 0.0577. The van der Waals surface area contributed by atoms with Crippen LogP contribution in [0, 0.1) is 17.2 Å². The van der Waals surface area contributed by atoms with E-state index in [0.717, 1.165) is 17.0 Å². The van der Waals surface area contributed by atoms with Crippen LogP contribution >= 0.6 is 11.8 Å². The Balaban J connectivity index is 1.91. The number of rotatable bonds is 1. The summed E-state index contributed by atoms with van der Waals surface area (Å²) in [5.74, 6) is 1.10. The molecule has 0 radical (unpaired) electrons. The standard InChI is InChI=1S/C12H10N2OS/c13-5-8-3-9(8)7-1-2-11-10(4-7)14-12(15)6-16-11/h1-2,4,8-9H,3,6H2,(H,14,15). The highest BCUT2D eigenvalue weighted by atomic mass is 32.2. The van der Waals surface area contributed by atoms with Crippen LogP contribution in [0.15, 0.2) is 23.1 Å². The number of hydrogen-bond acceptors (Lipinski definition) is 3. The Bertz CT molecular complexity index is 506. The zero-order chi connectivity index (χ0) is 11.1. The van der Waals surface area contributed by atoms with Crippen molar-refractivity contribution in [3.63, 3.8) is 0 Å². The van der Waals surface area contributed by atoms with Gasteiger partial charge in [-0.1, -0.05) is 6.07 Å². The molecule has 1 aromatic rings. The van der Waals surface area contributed by atoms with Crippen LogP contribution < -0.4 is 5.32 Å². The number of carbonyl (C=O) groups is 1. The van der Waals surface area contributed by atoms with Crippen LogP contribution in [0.2, 0.25) is 0 Å². The average molecular weight is 230 g/mol. The van der Waals surface area contributed by atoms with Gasteiger partial charge in [0.25, 0.3) is 0 Å². The number of thioether (sulfide) groups is 1. The number of anilines is 1. The molecule has 2 atom stereocenters. The topological polar surface area (TPSA) is 52.9 Å². The first-order valence-electron chi connectivity index (χ1n) is 5.24. The first kappa shape index (κ1) is 9.73. The highest BCUT2D eigenvalue weighted by Crippen LogP contribution is 2.48. The van der Waals surface area contributed by atoms with Gasteiger partial charge in [0, 0.05) is 10.8 Å². The van der Waals surface area contributed by atoms with Crippen molar-refractivity contribution in [2.24, 2.45) is 5.92 Å². The fourth-order valence-corrected chi connectivity index (χ4v) is 2.83. The molecule has 1 fully saturated rings. The van der Waals surface area contributed by atoms with Crippen molar-refractivity contribution in [2.45, 2.75) is 17.2 Å². The van der Waals surface area contributed by atoms with Gasteiger partial charge in [-0.25, -0.2) is 0 Å². The highest BCUT2D eigenvalue weighted by Gasteiger charge is 2.38. The van der Waals surface area contributed by atoms with E-state index >= 15 is 0 Å². The number of fused-ring (bicyclic) bond motifs is 1. The Kier molecular flexibility index (Phi) is 2.15. The van der Waals surface area contributed by atoms with Gasteiger partial charge in [0.05, 0.1) is 23.4 Å². The molecule has 0 bridgehead atoms. The van der Waals surface area contributed by atoms with E-state index in [1.807, 2.05) is 12.1 Å². The van der Waals surface area contributed by atoms with Crippen molar-refractivity contribution in [1.82, 2.24) is 0 Å². The second-order valence-corrected chi connectivity index (χ2v) is 5.19. The summed E-state index contributed by atoms with van der Waals surface area (Å²) in [6.07, 6.45) is 0.955. The normalized spacial score (nSPS) is 26.6. The van der Waals surface area contributed by atoms with Crippen LogP contribution in [0.4, 0.5) is 5.69 Å². The minimum atomic E-state index is 0.0577. The Morgan fingerprint density at radius 2 is 2.38 bits per heavy atom. The van der Waals surface area contributed by atoms with E-state index in [1.54, 1.807) is 11.8 Å². The third-order valence-corrected chi connectivity index (χ3v) is 4.09. The molecule has 2 aliphatic rings. The van der Waals surface area contributed by atoms with E-state index in [1.165, 1.54) is 5.56 Å². The summed E-state index contributed by atoms with van der Waals surface area (Å²) < 4.78 is 0. The highest BCUT2D eigenvalue weighted by molar-refractivity contribution is 8.00. The van der Waals surface area contributed by atoms with Crippen LogP contribution in [0.25, 0.3) is 0 Å². The molecule has 0 saturated heterocycles. The van der Waals surface area contributed by atoms with Gasteiger partial charge in [-0.3, -0.25) is 4.79 Å². The molecular weight excluding hydrogens is 220 g/mol. The molecule has 4 heteroatoms. The molecule has 1 aliphatic carbocycles. The number of nitrogens with one attached hydrogen (secondary N) is 1. The monoisotopic (exact) mass is 230 g/mol. The van der Waals surface area contributed by atoms with Crippen LogP contribution in [0.3, 0.4) is 0 Å². The van der Waals surface area contributed by atoms with Gasteiger partial charge in [0.2, 0.25) is 5.91 Å². The van der Waals surface area contributed by atoms with Gasteiger partial charge < -0.3 is 5.32 Å². The maximum atomic E-state index is 11.3. The summed E-state index contributed by atoms with van der Waals surface area (Å²) in [7, 11) is 0. The largest absolute Gasteiger partial charge is 0.324 e. The fraction of sp³-hybridized carbons (Fsp3) is 0.333. The smallest absolute Gasteiger partial charge is 0.234 e. The van der Waals surface area contributed by atoms with E-state index in [2.05, 4.69) is 17.5 Å². The van der Waals surface area contributed by atoms with E-state index in [0.29, 0.717) is 11.7 Å². The van der Waals surface area contributed by atoms with E-state index in [-0.39, 0.29) is 11.8 Å². The SMILES string of the molecule is N#CC1CC1c1ccc2c(c1)NC(=O)CS2. The maximum absolute atomic E-state index is 11.3. The molecule has 16 heavy (non-hydrogen) atoms. The molecule has 1 aromatic carbocycles. The van der Waals surface area contributed by atoms with Gasteiger partial charge in [0.15, 0.2) is 0 Å². The Morgan fingerprint density at radius 3 is 3.12 bits per heavy atom. The summed E-state index contributed by atoms with van der Waals surface area (Å²) in [5.41, 5.74) is 2.08. The maximum Gasteiger partial charge on any atom is 0.234 e. The molecule has 0 spiro atoms. The van der Waals surface area contributed by atoms with Crippen LogP contribution in [0.1, 0.15) is 17.9 Å². The van der Waals surface area contributed by atoms with E-state index in [4.69, 9.17) is 5.26 Å². The Morgan fingerprint density at radius 1 is 1.50 bits per heavy atom. The molecule has 2 unspecified atom stereocenters. The number of nitrogens with zero attached hydrogens (tertiary/aromatic N) is 1. The molecule has 1 N–H and O–H groups in total. The third kappa shape index (κ3) is 1.57. The van der Waals surface area contributed by atoms with E-state index < -0.39 is 0 Å². The molecule has 80 valence electrons. The lowest BCUT2D eigenvalue weighted by Crippen LogP contribution is -2.18. The first-order valence-corrected chi connectivity index (χ1v) is 6.22. The molecule has 1 saturated carbocycles. The molecule has 0 aromatic heterocycles.